The van der Waals surface area contributed by atoms with Crippen molar-refractivity contribution in [3.8, 4) is 0 Å². The Kier molecular flexibility index (Phi) is 9.15. The second-order valence-corrected chi connectivity index (χ2v) is 6.52. The van der Waals surface area contributed by atoms with Gasteiger partial charge >= 0.3 is 6.18 Å². The summed E-state index contributed by atoms with van der Waals surface area (Å²) in [6, 6.07) is 6.22. The minimum Gasteiger partial charge on any atom is -0.357 e. The molecule has 1 aromatic rings. The Hall–Kier alpha value is -1.03. The van der Waals surface area contributed by atoms with Gasteiger partial charge in [-0.15, -0.1) is 24.0 Å². The van der Waals surface area contributed by atoms with Crippen LogP contribution in [-0.2, 0) is 12.7 Å². The first-order chi connectivity index (χ1) is 11.8. The number of likely N-dealkylation sites (N-methyl/N-ethyl adjacent to an activating group) is 1. The monoisotopic (exact) mass is 484 g/mol. The molecular weight excluding hydrogens is 456 g/mol. The van der Waals surface area contributed by atoms with Crippen LogP contribution in [0.1, 0.15) is 37.8 Å². The molecule has 1 fully saturated rings. The Morgan fingerprint density at radius 3 is 2.35 bits per heavy atom. The molecule has 8 heteroatoms. The van der Waals surface area contributed by atoms with Gasteiger partial charge in [0.05, 0.1) is 12.1 Å². The van der Waals surface area contributed by atoms with E-state index in [0.29, 0.717) is 24.6 Å². The van der Waals surface area contributed by atoms with Gasteiger partial charge in [-0.25, -0.2) is 4.99 Å². The Morgan fingerprint density at radius 1 is 1.23 bits per heavy atom. The van der Waals surface area contributed by atoms with Crippen LogP contribution in [0.4, 0.5) is 13.2 Å². The number of alkyl halides is 3. The second-order valence-electron chi connectivity index (χ2n) is 6.52. The Morgan fingerprint density at radius 2 is 1.85 bits per heavy atom. The fourth-order valence-corrected chi connectivity index (χ4v) is 2.54. The first-order valence-corrected chi connectivity index (χ1v) is 8.71. The molecule has 2 N–H and O–H groups in total. The summed E-state index contributed by atoms with van der Waals surface area (Å²) in [6.07, 6.45) is -1.77. The van der Waals surface area contributed by atoms with Gasteiger partial charge in [0.2, 0.25) is 0 Å². The summed E-state index contributed by atoms with van der Waals surface area (Å²) >= 11 is 0. The third-order valence-corrected chi connectivity index (χ3v) is 4.43. The van der Waals surface area contributed by atoms with Crippen LogP contribution in [0, 0.1) is 0 Å². The normalized spacial score (nSPS) is 16.2. The van der Waals surface area contributed by atoms with E-state index in [1.807, 2.05) is 6.92 Å². The molecule has 0 saturated heterocycles. The SMILES string of the molecule is CCNC(=NCc1ccc(C(F)(F)F)cc1)NCC(C)N(C)C1CC1.I. The molecule has 0 amide bonds. The van der Waals surface area contributed by atoms with Crippen molar-refractivity contribution in [3.63, 3.8) is 0 Å². The van der Waals surface area contributed by atoms with Gasteiger partial charge < -0.3 is 10.6 Å². The third-order valence-electron chi connectivity index (χ3n) is 4.43. The van der Waals surface area contributed by atoms with Gasteiger partial charge in [-0.1, -0.05) is 12.1 Å². The summed E-state index contributed by atoms with van der Waals surface area (Å²) in [7, 11) is 2.14. The fraction of sp³-hybridized carbons (Fsp3) is 0.611. The highest BCUT2D eigenvalue weighted by atomic mass is 127. The maximum Gasteiger partial charge on any atom is 0.416 e. The molecule has 0 aliphatic heterocycles. The average molecular weight is 484 g/mol. The number of rotatable bonds is 7. The summed E-state index contributed by atoms with van der Waals surface area (Å²) in [5.41, 5.74) is 0.107. The number of halogens is 4. The van der Waals surface area contributed by atoms with Gasteiger partial charge in [-0.05, 0) is 51.4 Å². The number of hydrogen-bond acceptors (Lipinski definition) is 2. The molecule has 148 valence electrons. The molecule has 1 aliphatic rings. The van der Waals surface area contributed by atoms with Gasteiger partial charge in [0.25, 0.3) is 0 Å². The molecule has 4 nitrogen and oxygen atoms in total. The molecule has 1 unspecified atom stereocenters. The topological polar surface area (TPSA) is 39.7 Å². The van der Waals surface area contributed by atoms with Crippen molar-refractivity contribution in [2.75, 3.05) is 20.1 Å². The molecule has 2 rings (SSSR count). The lowest BCUT2D eigenvalue weighted by molar-refractivity contribution is -0.137. The Balaban J connectivity index is 0.00000338. The van der Waals surface area contributed by atoms with Crippen molar-refractivity contribution in [2.24, 2.45) is 4.99 Å². The zero-order chi connectivity index (χ0) is 18.4. The number of nitrogens with one attached hydrogen (secondary N) is 2. The van der Waals surface area contributed by atoms with E-state index in [0.717, 1.165) is 30.8 Å². The van der Waals surface area contributed by atoms with Crippen molar-refractivity contribution >= 4 is 29.9 Å². The average Bonchev–Trinajstić information content (AvgIpc) is 3.41. The fourth-order valence-electron chi connectivity index (χ4n) is 2.54. The molecule has 1 aliphatic carbocycles. The summed E-state index contributed by atoms with van der Waals surface area (Å²) in [6.45, 7) is 5.98. The molecule has 1 saturated carbocycles. The molecule has 0 aromatic heterocycles. The van der Waals surface area contributed by atoms with Crippen LogP contribution in [-0.4, -0.2) is 43.1 Å². The highest BCUT2D eigenvalue weighted by Crippen LogP contribution is 2.29. The van der Waals surface area contributed by atoms with E-state index >= 15 is 0 Å². The van der Waals surface area contributed by atoms with Crippen LogP contribution >= 0.6 is 24.0 Å². The van der Waals surface area contributed by atoms with E-state index in [1.54, 1.807) is 0 Å². The van der Waals surface area contributed by atoms with Gasteiger partial charge in [0.15, 0.2) is 5.96 Å². The van der Waals surface area contributed by atoms with Crippen molar-refractivity contribution in [1.82, 2.24) is 15.5 Å². The van der Waals surface area contributed by atoms with E-state index < -0.39 is 11.7 Å². The molecule has 0 heterocycles. The van der Waals surface area contributed by atoms with Crippen LogP contribution in [0.2, 0.25) is 0 Å². The van der Waals surface area contributed by atoms with E-state index in [9.17, 15) is 13.2 Å². The summed E-state index contributed by atoms with van der Waals surface area (Å²) in [4.78, 5) is 6.83. The van der Waals surface area contributed by atoms with Crippen molar-refractivity contribution in [2.45, 2.75) is 51.5 Å². The van der Waals surface area contributed by atoms with E-state index in [1.165, 1.54) is 25.0 Å². The van der Waals surface area contributed by atoms with E-state index in [-0.39, 0.29) is 24.0 Å². The molecule has 26 heavy (non-hydrogen) atoms. The first-order valence-electron chi connectivity index (χ1n) is 8.71. The van der Waals surface area contributed by atoms with Crippen LogP contribution in [0.15, 0.2) is 29.3 Å². The van der Waals surface area contributed by atoms with Crippen molar-refractivity contribution in [3.05, 3.63) is 35.4 Å². The van der Waals surface area contributed by atoms with Crippen molar-refractivity contribution < 1.29 is 13.2 Å². The molecule has 1 atom stereocenters. The van der Waals surface area contributed by atoms with Gasteiger partial charge in [0.1, 0.15) is 0 Å². The highest BCUT2D eigenvalue weighted by Gasteiger charge is 2.30. The summed E-state index contributed by atoms with van der Waals surface area (Å²) in [5, 5.41) is 6.48. The molecule has 0 radical (unpaired) electrons. The molecule has 1 aromatic carbocycles. The van der Waals surface area contributed by atoms with E-state index in [2.05, 4.69) is 34.5 Å². The minimum atomic E-state index is -4.30. The number of hydrogen-bond donors (Lipinski definition) is 2. The second kappa shape index (κ2) is 10.3. The van der Waals surface area contributed by atoms with Crippen molar-refractivity contribution in [1.29, 1.82) is 0 Å². The maximum absolute atomic E-state index is 12.6. The standard InChI is InChI=1S/C18H27F3N4.HI/c1-4-22-17(23-11-13(2)25(3)16-9-10-16)24-12-14-5-7-15(8-6-14)18(19,20)21;/h5-8,13,16H,4,9-12H2,1-3H3,(H2,22,23,24);1H. The smallest absolute Gasteiger partial charge is 0.357 e. The maximum atomic E-state index is 12.6. The van der Waals surface area contributed by atoms with Gasteiger partial charge in [0, 0.05) is 25.2 Å². The third kappa shape index (κ3) is 7.30. The number of aliphatic imine (C=N–C) groups is 1. The van der Waals surface area contributed by atoms with Gasteiger partial charge in [-0.3, -0.25) is 4.90 Å². The number of nitrogens with zero attached hydrogens (tertiary/aromatic N) is 2. The lowest BCUT2D eigenvalue weighted by Gasteiger charge is -2.25. The predicted molar refractivity (Wildman–Crippen MR) is 110 cm³/mol. The summed E-state index contributed by atoms with van der Waals surface area (Å²) < 4.78 is 37.8. The lowest BCUT2D eigenvalue weighted by atomic mass is 10.1. The predicted octanol–water partition coefficient (Wildman–Crippen LogP) is 3.86. The number of guanidine groups is 1. The Bertz CT molecular complexity index is 571. The van der Waals surface area contributed by atoms with Gasteiger partial charge in [-0.2, -0.15) is 13.2 Å². The lowest BCUT2D eigenvalue weighted by Crippen LogP contribution is -2.45. The van der Waals surface area contributed by atoms with E-state index in [4.69, 9.17) is 0 Å². The summed E-state index contributed by atoms with van der Waals surface area (Å²) in [5.74, 6) is 0.679. The van der Waals surface area contributed by atoms with Crippen LogP contribution in [0.5, 0.6) is 0 Å². The molecule has 0 bridgehead atoms. The number of benzene rings is 1. The highest BCUT2D eigenvalue weighted by molar-refractivity contribution is 14.0. The largest absolute Gasteiger partial charge is 0.416 e. The van der Waals surface area contributed by atoms with Crippen LogP contribution in [0.25, 0.3) is 0 Å². The quantitative estimate of drug-likeness (QED) is 0.351. The van der Waals surface area contributed by atoms with Crippen LogP contribution in [0.3, 0.4) is 0 Å². The molecular formula is C18H28F3IN4. The zero-order valence-electron chi connectivity index (χ0n) is 15.4. The Labute approximate surface area is 170 Å². The first kappa shape index (κ1) is 23.0. The minimum absolute atomic E-state index is 0. The molecule has 0 spiro atoms. The van der Waals surface area contributed by atoms with Crippen LogP contribution < -0.4 is 10.6 Å². The zero-order valence-corrected chi connectivity index (χ0v) is 17.8.